The lowest BCUT2D eigenvalue weighted by Gasteiger charge is -2.07. The zero-order valence-electron chi connectivity index (χ0n) is 11.5. The van der Waals surface area contributed by atoms with Crippen molar-refractivity contribution in [1.29, 1.82) is 0 Å². The normalized spacial score (nSPS) is 10.3. The lowest BCUT2D eigenvalue weighted by Crippen LogP contribution is -2.32. The number of carbonyl (C=O) groups excluding carboxylic acids is 2. The second-order valence-electron chi connectivity index (χ2n) is 4.49. The maximum Gasteiger partial charge on any atom is 0.251 e. The molecule has 120 valence electrons. The third-order valence-corrected chi connectivity index (χ3v) is 2.79. The van der Waals surface area contributed by atoms with E-state index in [-0.39, 0.29) is 11.3 Å². The third kappa shape index (κ3) is 4.29. The molecule has 0 bridgehead atoms. The number of rotatable bonds is 4. The predicted molar refractivity (Wildman–Crippen MR) is 73.7 cm³/mol. The molecule has 2 aromatic carbocycles. The van der Waals surface area contributed by atoms with Crippen LogP contribution in [0.5, 0.6) is 0 Å². The summed E-state index contributed by atoms with van der Waals surface area (Å²) >= 11 is 0. The van der Waals surface area contributed by atoms with E-state index in [2.05, 4.69) is 10.6 Å². The fraction of sp³-hybridized carbons (Fsp3) is 0.0667. The summed E-state index contributed by atoms with van der Waals surface area (Å²) in [5, 5.41) is 4.43. The topological polar surface area (TPSA) is 58.2 Å². The van der Waals surface area contributed by atoms with Crippen LogP contribution in [-0.2, 0) is 4.79 Å². The highest BCUT2D eigenvalue weighted by atomic mass is 19.2. The van der Waals surface area contributed by atoms with Crippen LogP contribution in [0, 0.1) is 23.3 Å². The first-order valence-electron chi connectivity index (χ1n) is 6.35. The standard InChI is InChI=1S/C15H10F4N2O2/c16-10-3-1-8(5-12(10)18)15(23)20-7-14(22)21-9-2-4-11(17)13(19)6-9/h1-6H,7H2,(H,20,23)(H,21,22). The van der Waals surface area contributed by atoms with Crippen LogP contribution in [-0.4, -0.2) is 18.4 Å². The maximum absolute atomic E-state index is 13.0. The smallest absolute Gasteiger partial charge is 0.251 e. The van der Waals surface area contributed by atoms with Crippen molar-refractivity contribution >= 4 is 17.5 Å². The van der Waals surface area contributed by atoms with Crippen LogP contribution in [0.2, 0.25) is 0 Å². The highest BCUT2D eigenvalue weighted by Crippen LogP contribution is 2.13. The monoisotopic (exact) mass is 326 g/mol. The molecule has 0 aliphatic rings. The number of halogens is 4. The van der Waals surface area contributed by atoms with Crippen LogP contribution in [0.25, 0.3) is 0 Å². The number of hydrogen-bond acceptors (Lipinski definition) is 2. The first-order chi connectivity index (χ1) is 10.9. The minimum Gasteiger partial charge on any atom is -0.343 e. The summed E-state index contributed by atoms with van der Waals surface area (Å²) in [5.41, 5.74) is -0.152. The summed E-state index contributed by atoms with van der Waals surface area (Å²) < 4.78 is 51.5. The van der Waals surface area contributed by atoms with Gasteiger partial charge in [-0.15, -0.1) is 0 Å². The van der Waals surface area contributed by atoms with Crippen LogP contribution in [0.3, 0.4) is 0 Å². The number of amides is 2. The molecule has 0 saturated carbocycles. The Hall–Kier alpha value is -2.90. The highest BCUT2D eigenvalue weighted by Gasteiger charge is 2.11. The van der Waals surface area contributed by atoms with Gasteiger partial charge in [0.15, 0.2) is 23.3 Å². The van der Waals surface area contributed by atoms with Crippen molar-refractivity contribution in [2.24, 2.45) is 0 Å². The number of hydrogen-bond donors (Lipinski definition) is 2. The van der Waals surface area contributed by atoms with E-state index in [9.17, 15) is 27.2 Å². The van der Waals surface area contributed by atoms with Crippen molar-refractivity contribution in [3.63, 3.8) is 0 Å². The van der Waals surface area contributed by atoms with Gasteiger partial charge in [0.1, 0.15) is 0 Å². The van der Waals surface area contributed by atoms with Gasteiger partial charge in [0.25, 0.3) is 5.91 Å². The van der Waals surface area contributed by atoms with Crippen LogP contribution in [0.4, 0.5) is 23.2 Å². The molecule has 23 heavy (non-hydrogen) atoms. The molecule has 2 rings (SSSR count). The Bertz CT molecular complexity index is 765. The van der Waals surface area contributed by atoms with Gasteiger partial charge in [0.2, 0.25) is 5.91 Å². The van der Waals surface area contributed by atoms with Crippen LogP contribution < -0.4 is 10.6 Å². The van der Waals surface area contributed by atoms with Gasteiger partial charge in [-0.05, 0) is 30.3 Å². The minimum absolute atomic E-state index is 0.0102. The summed E-state index contributed by atoms with van der Waals surface area (Å²) in [4.78, 5) is 23.3. The quantitative estimate of drug-likeness (QED) is 0.849. The van der Waals surface area contributed by atoms with Gasteiger partial charge in [0.05, 0.1) is 6.54 Å². The van der Waals surface area contributed by atoms with Gasteiger partial charge < -0.3 is 10.6 Å². The zero-order valence-corrected chi connectivity index (χ0v) is 11.5. The Morgan fingerprint density at radius 3 is 2.04 bits per heavy atom. The van der Waals surface area contributed by atoms with E-state index in [1.54, 1.807) is 0 Å². The van der Waals surface area contributed by atoms with Gasteiger partial charge in [-0.2, -0.15) is 0 Å². The Morgan fingerprint density at radius 2 is 1.43 bits per heavy atom. The molecular formula is C15H10F4N2O2. The number of anilines is 1. The molecule has 2 aromatic rings. The van der Waals surface area contributed by atoms with E-state index >= 15 is 0 Å². The van der Waals surface area contributed by atoms with E-state index in [1.807, 2.05) is 0 Å². The Labute approximate surface area is 128 Å². The van der Waals surface area contributed by atoms with Crippen molar-refractivity contribution in [3.8, 4) is 0 Å². The SMILES string of the molecule is O=C(CNC(=O)c1ccc(F)c(F)c1)Nc1ccc(F)c(F)c1. The largest absolute Gasteiger partial charge is 0.343 e. The van der Waals surface area contributed by atoms with Crippen molar-refractivity contribution in [2.75, 3.05) is 11.9 Å². The average molecular weight is 326 g/mol. The molecular weight excluding hydrogens is 316 g/mol. The van der Waals surface area contributed by atoms with Crippen molar-refractivity contribution in [3.05, 3.63) is 65.2 Å². The van der Waals surface area contributed by atoms with Crippen LogP contribution in [0.1, 0.15) is 10.4 Å². The Kier molecular flexibility index (Phi) is 4.95. The molecule has 0 unspecified atom stereocenters. The molecule has 0 atom stereocenters. The molecule has 0 aliphatic carbocycles. The summed E-state index contributed by atoms with van der Waals surface area (Å²) in [6.45, 7) is -0.489. The van der Waals surface area contributed by atoms with Gasteiger partial charge in [-0.3, -0.25) is 9.59 Å². The molecule has 0 saturated heterocycles. The second kappa shape index (κ2) is 6.91. The molecule has 0 heterocycles. The first-order valence-corrected chi connectivity index (χ1v) is 6.35. The van der Waals surface area contributed by atoms with Gasteiger partial charge in [-0.1, -0.05) is 0 Å². The van der Waals surface area contributed by atoms with Crippen molar-refractivity contribution in [2.45, 2.75) is 0 Å². The molecule has 2 N–H and O–H groups in total. The molecule has 4 nitrogen and oxygen atoms in total. The molecule has 8 heteroatoms. The maximum atomic E-state index is 13.0. The fourth-order valence-electron chi connectivity index (χ4n) is 1.68. The van der Waals surface area contributed by atoms with E-state index in [0.29, 0.717) is 6.07 Å². The summed E-state index contributed by atoms with van der Waals surface area (Å²) in [6, 6.07) is 5.30. The average Bonchev–Trinajstić information content (AvgIpc) is 2.51. The fourth-order valence-corrected chi connectivity index (χ4v) is 1.68. The molecule has 0 fully saturated rings. The molecule has 0 aliphatic heterocycles. The number of nitrogens with one attached hydrogen (secondary N) is 2. The second-order valence-corrected chi connectivity index (χ2v) is 4.49. The number of benzene rings is 2. The molecule has 2 amide bonds. The lowest BCUT2D eigenvalue weighted by molar-refractivity contribution is -0.115. The molecule has 0 aromatic heterocycles. The first kappa shape index (κ1) is 16.5. The lowest BCUT2D eigenvalue weighted by atomic mass is 10.2. The minimum atomic E-state index is -1.19. The molecule has 0 spiro atoms. The van der Waals surface area contributed by atoms with Gasteiger partial charge in [-0.25, -0.2) is 17.6 Å². The zero-order chi connectivity index (χ0) is 17.0. The Balaban J connectivity index is 1.91. The van der Waals surface area contributed by atoms with E-state index < -0.39 is 41.6 Å². The summed E-state index contributed by atoms with van der Waals surface area (Å²) in [5.74, 6) is -5.97. The van der Waals surface area contributed by atoms with Crippen LogP contribution >= 0.6 is 0 Å². The predicted octanol–water partition coefficient (Wildman–Crippen LogP) is 2.61. The highest BCUT2D eigenvalue weighted by molar-refractivity contribution is 5.99. The van der Waals surface area contributed by atoms with Gasteiger partial charge in [0, 0.05) is 17.3 Å². The summed E-state index contributed by atoms with van der Waals surface area (Å²) in [7, 11) is 0. The van der Waals surface area contributed by atoms with Crippen molar-refractivity contribution in [1.82, 2.24) is 5.32 Å². The molecule has 0 radical (unpaired) electrons. The van der Waals surface area contributed by atoms with Gasteiger partial charge >= 0.3 is 0 Å². The van der Waals surface area contributed by atoms with E-state index in [4.69, 9.17) is 0 Å². The third-order valence-electron chi connectivity index (χ3n) is 2.79. The Morgan fingerprint density at radius 1 is 0.826 bits per heavy atom. The van der Waals surface area contributed by atoms with E-state index in [1.165, 1.54) is 0 Å². The van der Waals surface area contributed by atoms with Crippen LogP contribution in [0.15, 0.2) is 36.4 Å². The number of carbonyl (C=O) groups is 2. The van der Waals surface area contributed by atoms with Crippen molar-refractivity contribution < 1.29 is 27.2 Å². The van der Waals surface area contributed by atoms with E-state index in [0.717, 1.165) is 30.3 Å². The summed E-state index contributed by atoms with van der Waals surface area (Å²) in [6.07, 6.45) is 0.